The first-order valence-corrected chi connectivity index (χ1v) is 10.5. The van der Waals surface area contributed by atoms with Gasteiger partial charge in [0.15, 0.2) is 5.69 Å². The van der Waals surface area contributed by atoms with Gasteiger partial charge in [0, 0.05) is 20.5 Å². The maximum atomic E-state index is 13.6. The lowest BCUT2D eigenvalue weighted by molar-refractivity contribution is 0.661. The number of benzene rings is 1. The van der Waals surface area contributed by atoms with E-state index < -0.39 is 11.2 Å². The lowest BCUT2D eigenvalue weighted by Gasteiger charge is -2.16. The van der Waals surface area contributed by atoms with Crippen LogP contribution in [-0.4, -0.2) is 23.9 Å². The molecule has 4 aromatic rings. The standard InChI is InChI=1S/C21H15Br2N5O2/c1-4-5-26-13(3)19(28-18-8-17(23)16(22)7-14(18)10-25-28)20(29)27(21(26)30)15-6-12(2)9-24-11-15/h1,6-11H,5H2,2-3H3. The van der Waals surface area contributed by atoms with Crippen molar-refractivity contribution < 1.29 is 0 Å². The predicted molar refractivity (Wildman–Crippen MR) is 122 cm³/mol. The van der Waals surface area contributed by atoms with Gasteiger partial charge in [0.2, 0.25) is 0 Å². The predicted octanol–water partition coefficient (Wildman–Crippen LogP) is 3.51. The summed E-state index contributed by atoms with van der Waals surface area (Å²) in [5, 5.41) is 5.27. The van der Waals surface area contributed by atoms with Gasteiger partial charge in [-0.25, -0.2) is 14.0 Å². The van der Waals surface area contributed by atoms with Gasteiger partial charge in [-0.15, -0.1) is 6.42 Å². The second-order valence-electron chi connectivity index (χ2n) is 6.75. The highest BCUT2D eigenvalue weighted by Gasteiger charge is 2.21. The zero-order chi connectivity index (χ0) is 21.6. The van der Waals surface area contributed by atoms with E-state index in [-0.39, 0.29) is 12.2 Å². The molecule has 0 N–H and O–H groups in total. The molecule has 0 aliphatic carbocycles. The second kappa shape index (κ2) is 7.70. The third-order valence-electron chi connectivity index (χ3n) is 4.77. The van der Waals surface area contributed by atoms with Crippen molar-refractivity contribution in [2.45, 2.75) is 20.4 Å². The fourth-order valence-electron chi connectivity index (χ4n) is 3.35. The first-order valence-electron chi connectivity index (χ1n) is 8.88. The smallest absolute Gasteiger partial charge is 0.284 e. The first kappa shape index (κ1) is 20.3. The van der Waals surface area contributed by atoms with Crippen LogP contribution >= 0.6 is 31.9 Å². The van der Waals surface area contributed by atoms with Gasteiger partial charge in [-0.3, -0.25) is 14.3 Å². The Morgan fingerprint density at radius 1 is 1.07 bits per heavy atom. The van der Waals surface area contributed by atoms with Crippen LogP contribution in [0.3, 0.4) is 0 Å². The topological polar surface area (TPSA) is 74.7 Å². The molecule has 0 bridgehead atoms. The molecule has 0 saturated carbocycles. The van der Waals surface area contributed by atoms with Crippen LogP contribution in [0.15, 0.2) is 55.3 Å². The molecule has 9 heteroatoms. The average Bonchev–Trinajstić information content (AvgIpc) is 3.08. The molecule has 3 aromatic heterocycles. The van der Waals surface area contributed by atoms with E-state index in [1.165, 1.54) is 15.4 Å². The van der Waals surface area contributed by atoms with Crippen molar-refractivity contribution >= 4 is 42.8 Å². The van der Waals surface area contributed by atoms with Gasteiger partial charge in [-0.05, 0) is 69.5 Å². The first-order chi connectivity index (χ1) is 14.3. The largest absolute Gasteiger partial charge is 0.336 e. The van der Waals surface area contributed by atoms with Gasteiger partial charge >= 0.3 is 5.69 Å². The molecule has 0 unspecified atom stereocenters. The van der Waals surface area contributed by atoms with E-state index >= 15 is 0 Å². The fraction of sp³-hybridized carbons (Fsp3) is 0.143. The van der Waals surface area contributed by atoms with Crippen molar-refractivity contribution in [2.75, 3.05) is 0 Å². The number of rotatable bonds is 3. The summed E-state index contributed by atoms with van der Waals surface area (Å²) in [5.41, 5.74) is 1.57. The number of aromatic nitrogens is 5. The third-order valence-corrected chi connectivity index (χ3v) is 6.61. The van der Waals surface area contributed by atoms with Crippen LogP contribution in [0.2, 0.25) is 0 Å². The highest BCUT2D eigenvalue weighted by atomic mass is 79.9. The van der Waals surface area contributed by atoms with Crippen LogP contribution in [0.25, 0.3) is 22.3 Å². The Bertz CT molecular complexity index is 1470. The summed E-state index contributed by atoms with van der Waals surface area (Å²) in [7, 11) is 0. The van der Waals surface area contributed by atoms with E-state index in [1.54, 1.807) is 25.4 Å². The van der Waals surface area contributed by atoms with Crippen molar-refractivity contribution in [3.05, 3.63) is 77.8 Å². The minimum Gasteiger partial charge on any atom is -0.284 e. The van der Waals surface area contributed by atoms with Gasteiger partial charge in [-0.1, -0.05) is 5.92 Å². The van der Waals surface area contributed by atoms with E-state index in [0.717, 1.165) is 24.5 Å². The molecule has 0 fully saturated rings. The molecule has 4 rings (SSSR count). The minimum atomic E-state index is -0.521. The van der Waals surface area contributed by atoms with Crippen molar-refractivity contribution in [1.29, 1.82) is 0 Å². The maximum Gasteiger partial charge on any atom is 0.336 e. The van der Waals surface area contributed by atoms with Crippen LogP contribution < -0.4 is 11.2 Å². The van der Waals surface area contributed by atoms with E-state index in [0.29, 0.717) is 16.9 Å². The average molecular weight is 529 g/mol. The van der Waals surface area contributed by atoms with Crippen LogP contribution in [0.5, 0.6) is 0 Å². The van der Waals surface area contributed by atoms with Crippen molar-refractivity contribution in [3.63, 3.8) is 0 Å². The number of nitrogens with zero attached hydrogens (tertiary/aromatic N) is 5. The van der Waals surface area contributed by atoms with Gasteiger partial charge in [0.1, 0.15) is 0 Å². The van der Waals surface area contributed by atoms with Crippen molar-refractivity contribution in [2.24, 2.45) is 0 Å². The molecule has 7 nitrogen and oxygen atoms in total. The van der Waals surface area contributed by atoms with Crippen molar-refractivity contribution in [3.8, 4) is 23.7 Å². The van der Waals surface area contributed by atoms with Crippen LogP contribution in [0.4, 0.5) is 0 Å². The van der Waals surface area contributed by atoms with Gasteiger partial charge < -0.3 is 0 Å². The number of hydrogen-bond acceptors (Lipinski definition) is 4. The van der Waals surface area contributed by atoms with E-state index in [1.807, 2.05) is 19.1 Å². The number of halogens is 2. The summed E-state index contributed by atoms with van der Waals surface area (Å²) in [4.78, 5) is 30.8. The lowest BCUT2D eigenvalue weighted by atomic mass is 10.2. The number of aryl methyl sites for hydroxylation is 1. The van der Waals surface area contributed by atoms with E-state index in [9.17, 15) is 9.59 Å². The summed E-state index contributed by atoms with van der Waals surface area (Å²) >= 11 is 6.97. The number of fused-ring (bicyclic) bond motifs is 1. The molecule has 0 amide bonds. The Morgan fingerprint density at radius 3 is 2.50 bits per heavy atom. The SMILES string of the molecule is C#CCn1c(C)c(-n2ncc3cc(Br)c(Br)cc32)c(=O)n(-c2cncc(C)c2)c1=O. The molecule has 3 heterocycles. The lowest BCUT2D eigenvalue weighted by Crippen LogP contribution is -2.42. The highest BCUT2D eigenvalue weighted by Crippen LogP contribution is 2.29. The molecule has 150 valence electrons. The van der Waals surface area contributed by atoms with Gasteiger partial charge in [0.05, 0.1) is 35.8 Å². The zero-order valence-electron chi connectivity index (χ0n) is 16.1. The summed E-state index contributed by atoms with van der Waals surface area (Å²) in [6.45, 7) is 3.55. The number of terminal acetylenes is 1. The third kappa shape index (κ3) is 3.22. The molecule has 0 radical (unpaired) electrons. The molecule has 30 heavy (non-hydrogen) atoms. The fourth-order valence-corrected chi connectivity index (χ4v) is 4.04. The Labute approximate surface area is 188 Å². The quantitative estimate of drug-likeness (QED) is 0.381. The number of hydrogen-bond donors (Lipinski definition) is 0. The summed E-state index contributed by atoms with van der Waals surface area (Å²) in [6, 6.07) is 5.49. The molecular formula is C21H15Br2N5O2. The number of pyridine rings is 1. The van der Waals surface area contributed by atoms with Crippen LogP contribution in [0.1, 0.15) is 11.3 Å². The Balaban J connectivity index is 2.14. The maximum absolute atomic E-state index is 13.6. The van der Waals surface area contributed by atoms with Gasteiger partial charge in [-0.2, -0.15) is 5.10 Å². The Morgan fingerprint density at radius 2 is 1.80 bits per heavy atom. The van der Waals surface area contributed by atoms with E-state index in [4.69, 9.17) is 6.42 Å². The normalized spacial score (nSPS) is 11.0. The minimum absolute atomic E-state index is 0.0195. The molecule has 0 atom stereocenters. The highest BCUT2D eigenvalue weighted by molar-refractivity contribution is 9.13. The molecule has 0 aliphatic heterocycles. The van der Waals surface area contributed by atoms with Crippen molar-refractivity contribution in [1.82, 2.24) is 23.9 Å². The van der Waals surface area contributed by atoms with E-state index in [2.05, 4.69) is 47.9 Å². The summed E-state index contributed by atoms with van der Waals surface area (Å²) in [6.07, 6.45) is 10.3. The second-order valence-corrected chi connectivity index (χ2v) is 8.46. The molecular weight excluding hydrogens is 514 g/mol. The van der Waals surface area contributed by atoms with Crippen LogP contribution in [-0.2, 0) is 6.54 Å². The zero-order valence-corrected chi connectivity index (χ0v) is 19.2. The van der Waals surface area contributed by atoms with Crippen LogP contribution in [0, 0.1) is 26.2 Å². The molecule has 0 spiro atoms. The summed E-state index contributed by atoms with van der Waals surface area (Å²) < 4.78 is 5.69. The molecule has 0 saturated heterocycles. The molecule has 0 aliphatic rings. The summed E-state index contributed by atoms with van der Waals surface area (Å²) in [5.74, 6) is 2.49. The van der Waals surface area contributed by atoms with Gasteiger partial charge in [0.25, 0.3) is 5.56 Å². The Kier molecular flexibility index (Phi) is 5.22. The Hall–Kier alpha value is -2.96. The molecule has 1 aromatic carbocycles. The monoisotopic (exact) mass is 527 g/mol.